The van der Waals surface area contributed by atoms with Crippen molar-refractivity contribution in [1.82, 2.24) is 14.0 Å². The van der Waals surface area contributed by atoms with Crippen LogP contribution in [0.15, 0.2) is 46.7 Å². The molecule has 7 heteroatoms. The van der Waals surface area contributed by atoms with E-state index in [0.29, 0.717) is 16.2 Å². The van der Waals surface area contributed by atoms with E-state index in [9.17, 15) is 9.59 Å². The molecular weight excluding hydrogens is 350 g/mol. The van der Waals surface area contributed by atoms with Crippen molar-refractivity contribution in [3.8, 4) is 0 Å². The summed E-state index contributed by atoms with van der Waals surface area (Å²) in [6, 6.07) is 9.14. The molecule has 0 fully saturated rings. The van der Waals surface area contributed by atoms with E-state index in [2.05, 4.69) is 4.98 Å². The Morgan fingerprint density at radius 2 is 2.12 bits per heavy atom. The lowest BCUT2D eigenvalue weighted by atomic mass is 10.2. The Morgan fingerprint density at radius 3 is 2.92 bits per heavy atom. The van der Waals surface area contributed by atoms with Crippen LogP contribution in [0.2, 0.25) is 0 Å². The van der Waals surface area contributed by atoms with Gasteiger partial charge in [-0.15, -0.1) is 11.3 Å². The first kappa shape index (κ1) is 16.5. The monoisotopic (exact) mass is 367 g/mol. The second-order valence-corrected chi connectivity index (χ2v) is 6.84. The maximum absolute atomic E-state index is 12.6. The van der Waals surface area contributed by atoms with Crippen molar-refractivity contribution < 1.29 is 9.53 Å². The van der Waals surface area contributed by atoms with Crippen LogP contribution in [0.5, 0.6) is 0 Å². The summed E-state index contributed by atoms with van der Waals surface area (Å²) in [6.45, 7) is 4.61. The maximum atomic E-state index is 12.6. The van der Waals surface area contributed by atoms with Gasteiger partial charge < -0.3 is 9.30 Å². The standard InChI is InChI=1S/C19H17N3O3S/c1-3-21-9-15(14-6-4-5-7-16(14)21)18(24)25-10-13-8-17(23)22-12(2)11-26-19(22)20-13/h4-9,11H,3,10H2,1-2H3. The molecular formula is C19H17N3O3S. The van der Waals surface area contributed by atoms with Crippen LogP contribution in [0, 0.1) is 6.92 Å². The summed E-state index contributed by atoms with van der Waals surface area (Å²) < 4.78 is 8.99. The summed E-state index contributed by atoms with van der Waals surface area (Å²) in [6.07, 6.45) is 1.81. The molecule has 0 bridgehead atoms. The zero-order valence-corrected chi connectivity index (χ0v) is 15.2. The average Bonchev–Trinajstić information content (AvgIpc) is 3.21. The number of carbonyl (C=O) groups is 1. The number of aromatic nitrogens is 3. The van der Waals surface area contributed by atoms with Gasteiger partial charge in [-0.25, -0.2) is 9.78 Å². The Hall–Kier alpha value is -2.93. The molecule has 0 N–H and O–H groups in total. The first-order valence-electron chi connectivity index (χ1n) is 8.30. The third-order valence-corrected chi connectivity index (χ3v) is 5.27. The summed E-state index contributed by atoms with van der Waals surface area (Å²) in [5.74, 6) is -0.419. The Bertz CT molecular complexity index is 1190. The predicted octanol–water partition coefficient (Wildman–Crippen LogP) is 3.40. The molecule has 0 saturated heterocycles. The lowest BCUT2D eigenvalue weighted by Crippen LogP contribution is -2.16. The molecule has 6 nitrogen and oxygen atoms in total. The van der Waals surface area contributed by atoms with E-state index in [-0.39, 0.29) is 12.2 Å². The molecule has 26 heavy (non-hydrogen) atoms. The summed E-state index contributed by atoms with van der Waals surface area (Å²) >= 11 is 1.39. The Balaban J connectivity index is 1.61. The second-order valence-electron chi connectivity index (χ2n) is 6.00. The third kappa shape index (κ3) is 2.70. The van der Waals surface area contributed by atoms with E-state index in [0.717, 1.165) is 23.1 Å². The van der Waals surface area contributed by atoms with Gasteiger partial charge in [0.25, 0.3) is 5.56 Å². The van der Waals surface area contributed by atoms with Crippen molar-refractivity contribution in [2.75, 3.05) is 0 Å². The van der Waals surface area contributed by atoms with Crippen molar-refractivity contribution in [3.05, 3.63) is 69.2 Å². The van der Waals surface area contributed by atoms with Crippen molar-refractivity contribution >= 4 is 33.2 Å². The number of thiazole rings is 1. The zero-order chi connectivity index (χ0) is 18.3. The fraction of sp³-hybridized carbons (Fsp3) is 0.211. The number of para-hydroxylation sites is 1. The first-order valence-corrected chi connectivity index (χ1v) is 9.18. The van der Waals surface area contributed by atoms with E-state index < -0.39 is 5.97 Å². The Labute approximate surface area is 153 Å². The lowest BCUT2D eigenvalue weighted by Gasteiger charge is -2.04. The summed E-state index contributed by atoms with van der Waals surface area (Å²) in [7, 11) is 0. The molecule has 4 rings (SSSR count). The summed E-state index contributed by atoms with van der Waals surface area (Å²) in [5, 5.41) is 2.73. The van der Waals surface area contributed by atoms with Gasteiger partial charge in [0.2, 0.25) is 0 Å². The van der Waals surface area contributed by atoms with Crippen molar-refractivity contribution in [3.63, 3.8) is 0 Å². The van der Waals surface area contributed by atoms with E-state index in [4.69, 9.17) is 4.74 Å². The fourth-order valence-electron chi connectivity index (χ4n) is 3.06. The van der Waals surface area contributed by atoms with Gasteiger partial charge in [0, 0.05) is 40.8 Å². The summed E-state index contributed by atoms with van der Waals surface area (Å²) in [4.78, 5) is 29.8. The van der Waals surface area contributed by atoms with Gasteiger partial charge in [0.05, 0.1) is 11.3 Å². The SMILES string of the molecule is CCn1cc(C(=O)OCc2cc(=O)n3c(C)csc3n2)c2ccccc21. The minimum atomic E-state index is -0.419. The molecule has 132 valence electrons. The molecule has 0 saturated carbocycles. The van der Waals surface area contributed by atoms with Gasteiger partial charge >= 0.3 is 5.97 Å². The van der Waals surface area contributed by atoms with Gasteiger partial charge in [-0.2, -0.15) is 0 Å². The van der Waals surface area contributed by atoms with E-state index >= 15 is 0 Å². The van der Waals surface area contributed by atoms with Crippen molar-refractivity contribution in [1.29, 1.82) is 0 Å². The number of fused-ring (bicyclic) bond motifs is 2. The van der Waals surface area contributed by atoms with Gasteiger partial charge in [-0.1, -0.05) is 18.2 Å². The topological polar surface area (TPSA) is 65.6 Å². The van der Waals surface area contributed by atoms with Crippen molar-refractivity contribution in [2.45, 2.75) is 27.0 Å². The van der Waals surface area contributed by atoms with Crippen LogP contribution in [0.1, 0.15) is 28.7 Å². The lowest BCUT2D eigenvalue weighted by molar-refractivity contribution is 0.0470. The van der Waals surface area contributed by atoms with Gasteiger partial charge in [-0.05, 0) is 19.9 Å². The van der Waals surface area contributed by atoms with Crippen LogP contribution >= 0.6 is 11.3 Å². The smallest absolute Gasteiger partial charge is 0.340 e. The molecule has 0 atom stereocenters. The van der Waals surface area contributed by atoms with E-state index in [1.807, 2.05) is 48.1 Å². The van der Waals surface area contributed by atoms with Crippen LogP contribution in [-0.2, 0) is 17.9 Å². The number of hydrogen-bond acceptors (Lipinski definition) is 5. The number of nitrogens with zero attached hydrogens (tertiary/aromatic N) is 3. The molecule has 0 amide bonds. The number of hydrogen-bond donors (Lipinski definition) is 0. The molecule has 0 aliphatic heterocycles. The molecule has 0 unspecified atom stereocenters. The molecule has 4 aromatic rings. The zero-order valence-electron chi connectivity index (χ0n) is 14.4. The van der Waals surface area contributed by atoms with Crippen molar-refractivity contribution in [2.24, 2.45) is 0 Å². The van der Waals surface area contributed by atoms with Gasteiger partial charge in [0.15, 0.2) is 4.96 Å². The Kier molecular flexibility index (Phi) is 4.08. The number of carbonyl (C=O) groups excluding carboxylic acids is 1. The van der Waals surface area contributed by atoms with Crippen LogP contribution in [0.4, 0.5) is 0 Å². The fourth-order valence-corrected chi connectivity index (χ4v) is 3.95. The van der Waals surface area contributed by atoms with Crippen LogP contribution in [0.25, 0.3) is 15.9 Å². The minimum Gasteiger partial charge on any atom is -0.456 e. The second kappa shape index (κ2) is 6.42. The quantitative estimate of drug-likeness (QED) is 0.519. The number of aryl methyl sites for hydroxylation is 2. The molecule has 1 aromatic carbocycles. The molecule has 0 aliphatic rings. The molecule has 3 aromatic heterocycles. The number of esters is 1. The highest BCUT2D eigenvalue weighted by Crippen LogP contribution is 2.22. The number of benzene rings is 1. The highest BCUT2D eigenvalue weighted by atomic mass is 32.1. The molecule has 0 radical (unpaired) electrons. The highest BCUT2D eigenvalue weighted by molar-refractivity contribution is 7.15. The minimum absolute atomic E-state index is 0.0346. The van der Waals surface area contributed by atoms with Crippen LogP contribution in [-0.4, -0.2) is 19.9 Å². The van der Waals surface area contributed by atoms with Gasteiger partial charge in [-0.3, -0.25) is 9.20 Å². The van der Waals surface area contributed by atoms with Crippen LogP contribution in [0.3, 0.4) is 0 Å². The molecule has 3 heterocycles. The number of rotatable bonds is 4. The van der Waals surface area contributed by atoms with Crippen LogP contribution < -0.4 is 5.56 Å². The predicted molar refractivity (Wildman–Crippen MR) is 101 cm³/mol. The molecule has 0 spiro atoms. The third-order valence-electron chi connectivity index (χ3n) is 4.33. The largest absolute Gasteiger partial charge is 0.456 e. The highest BCUT2D eigenvalue weighted by Gasteiger charge is 2.16. The van der Waals surface area contributed by atoms with Gasteiger partial charge in [0.1, 0.15) is 6.61 Å². The maximum Gasteiger partial charge on any atom is 0.340 e. The average molecular weight is 367 g/mol. The summed E-state index contributed by atoms with van der Waals surface area (Å²) in [5.41, 5.74) is 2.64. The molecule has 0 aliphatic carbocycles. The first-order chi connectivity index (χ1) is 12.6. The Morgan fingerprint density at radius 1 is 1.31 bits per heavy atom. The van der Waals surface area contributed by atoms with E-state index in [1.165, 1.54) is 17.4 Å². The normalized spacial score (nSPS) is 11.3. The van der Waals surface area contributed by atoms with E-state index in [1.54, 1.807) is 10.6 Å². The number of ether oxygens (including phenoxy) is 1.